The third-order valence-electron chi connectivity index (χ3n) is 3.79. The van der Waals surface area contributed by atoms with Crippen molar-refractivity contribution in [3.05, 3.63) is 54.1 Å². The third kappa shape index (κ3) is 4.30. The third-order valence-corrected chi connectivity index (χ3v) is 3.79. The van der Waals surface area contributed by atoms with Gasteiger partial charge in [0.05, 0.1) is 23.6 Å². The van der Waals surface area contributed by atoms with Crippen LogP contribution in [-0.4, -0.2) is 25.5 Å². The van der Waals surface area contributed by atoms with Crippen LogP contribution in [0.3, 0.4) is 0 Å². The zero-order valence-corrected chi connectivity index (χ0v) is 17.2. The second-order valence-corrected chi connectivity index (χ2v) is 5.91. The molecular formula is C18H18N5NaO2. The molecule has 7 nitrogen and oxygen atoms in total. The van der Waals surface area contributed by atoms with Gasteiger partial charge in [-0.2, -0.15) is 0 Å². The smallest absolute Gasteiger partial charge is 0.545 e. The molecule has 0 saturated heterocycles. The van der Waals surface area contributed by atoms with E-state index in [0.717, 1.165) is 17.2 Å². The number of rotatable bonds is 5. The molecule has 0 bridgehead atoms. The number of aryl methyl sites for hydroxylation is 1. The molecule has 0 spiro atoms. The maximum atomic E-state index is 10.8. The van der Waals surface area contributed by atoms with Crippen molar-refractivity contribution >= 4 is 17.6 Å². The Kier molecular flexibility index (Phi) is 6.52. The van der Waals surface area contributed by atoms with Crippen LogP contribution >= 0.6 is 0 Å². The first-order valence-electron chi connectivity index (χ1n) is 7.91. The van der Waals surface area contributed by atoms with E-state index < -0.39 is 5.97 Å². The van der Waals surface area contributed by atoms with Crippen molar-refractivity contribution in [2.45, 2.75) is 26.8 Å². The Labute approximate surface area is 173 Å². The van der Waals surface area contributed by atoms with Crippen molar-refractivity contribution in [3.63, 3.8) is 0 Å². The zero-order valence-electron chi connectivity index (χ0n) is 15.2. The van der Waals surface area contributed by atoms with Crippen LogP contribution in [0.5, 0.6) is 0 Å². The molecule has 26 heavy (non-hydrogen) atoms. The molecule has 3 aromatic rings. The van der Waals surface area contributed by atoms with Crippen molar-refractivity contribution in [2.24, 2.45) is 0 Å². The van der Waals surface area contributed by atoms with Crippen LogP contribution in [0.1, 0.15) is 36.1 Å². The maximum Gasteiger partial charge on any atom is 1.00 e. The van der Waals surface area contributed by atoms with Crippen molar-refractivity contribution in [1.29, 1.82) is 0 Å². The maximum absolute atomic E-state index is 10.8. The Morgan fingerprint density at radius 2 is 1.85 bits per heavy atom. The number of hydrogen-bond acceptors (Lipinski definition) is 6. The molecular weight excluding hydrogens is 341 g/mol. The molecule has 0 saturated carbocycles. The number of carboxylic acid groups (broad SMARTS) is 1. The molecule has 3 rings (SSSR count). The number of nitrogens with zero attached hydrogens (tertiary/aromatic N) is 4. The normalized spacial score (nSPS) is 10.5. The number of aromatic carboxylic acids is 1. The number of imidazole rings is 1. The SMILES string of the molecule is Cc1ncc(-c2ccnc(Nc3ccc(C(=O)[O-])cc3)n2)n1C(C)C.[Na+]. The second kappa shape index (κ2) is 8.44. The van der Waals surface area contributed by atoms with Gasteiger partial charge in [-0.15, -0.1) is 0 Å². The summed E-state index contributed by atoms with van der Waals surface area (Å²) in [5.41, 5.74) is 2.50. The standard InChI is InChI=1S/C18H19N5O2.Na/c1-11(2)23-12(3)20-10-16(23)15-8-9-19-18(22-15)21-14-6-4-13(5-7-14)17(24)25;/h4-11H,1-3H3,(H,24,25)(H,19,21,22);/q;+1/p-1. The van der Waals surface area contributed by atoms with Gasteiger partial charge in [0.15, 0.2) is 0 Å². The molecule has 128 valence electrons. The number of carbonyl (C=O) groups is 1. The number of anilines is 2. The molecule has 0 atom stereocenters. The van der Waals surface area contributed by atoms with Crippen molar-refractivity contribution in [1.82, 2.24) is 19.5 Å². The van der Waals surface area contributed by atoms with Gasteiger partial charge in [-0.05, 0) is 44.5 Å². The van der Waals surface area contributed by atoms with Crippen molar-refractivity contribution < 1.29 is 39.5 Å². The first kappa shape index (κ1) is 20.1. The fourth-order valence-corrected chi connectivity index (χ4v) is 2.67. The van der Waals surface area contributed by atoms with E-state index in [9.17, 15) is 9.90 Å². The van der Waals surface area contributed by atoms with E-state index in [2.05, 4.69) is 38.7 Å². The molecule has 0 aliphatic heterocycles. The molecule has 0 fully saturated rings. The molecule has 0 amide bonds. The summed E-state index contributed by atoms with van der Waals surface area (Å²) in [6, 6.07) is 8.32. The average molecular weight is 359 g/mol. The van der Waals surface area contributed by atoms with E-state index >= 15 is 0 Å². The second-order valence-electron chi connectivity index (χ2n) is 5.91. The van der Waals surface area contributed by atoms with Crippen LogP contribution in [0.15, 0.2) is 42.7 Å². The molecule has 0 aliphatic carbocycles. The van der Waals surface area contributed by atoms with Crippen LogP contribution in [0.25, 0.3) is 11.4 Å². The summed E-state index contributed by atoms with van der Waals surface area (Å²) >= 11 is 0. The van der Waals surface area contributed by atoms with Crippen LogP contribution < -0.4 is 40.0 Å². The minimum atomic E-state index is -1.21. The molecule has 0 unspecified atom stereocenters. The molecule has 0 aliphatic rings. The van der Waals surface area contributed by atoms with E-state index in [0.29, 0.717) is 11.6 Å². The van der Waals surface area contributed by atoms with E-state index in [4.69, 9.17) is 0 Å². The molecule has 8 heteroatoms. The topological polar surface area (TPSA) is 95.8 Å². The quantitative estimate of drug-likeness (QED) is 0.608. The molecule has 1 N–H and O–H groups in total. The van der Waals surface area contributed by atoms with Gasteiger partial charge in [0.2, 0.25) is 5.95 Å². The molecule has 1 aromatic carbocycles. The van der Waals surface area contributed by atoms with Crippen LogP contribution in [-0.2, 0) is 0 Å². The van der Waals surface area contributed by atoms with Gasteiger partial charge in [0.1, 0.15) is 5.82 Å². The van der Waals surface area contributed by atoms with Gasteiger partial charge in [0.25, 0.3) is 0 Å². The van der Waals surface area contributed by atoms with Crippen molar-refractivity contribution in [3.8, 4) is 11.4 Å². The zero-order chi connectivity index (χ0) is 18.0. The number of carbonyl (C=O) groups excluding carboxylic acids is 1. The summed E-state index contributed by atoms with van der Waals surface area (Å²) in [6.45, 7) is 6.15. The van der Waals surface area contributed by atoms with Crippen LogP contribution in [0, 0.1) is 6.92 Å². The average Bonchev–Trinajstić information content (AvgIpc) is 2.97. The largest absolute Gasteiger partial charge is 1.00 e. The minimum absolute atomic E-state index is 0. The van der Waals surface area contributed by atoms with Crippen molar-refractivity contribution in [2.75, 3.05) is 5.32 Å². The van der Waals surface area contributed by atoms with Crippen LogP contribution in [0.4, 0.5) is 11.6 Å². The summed E-state index contributed by atoms with van der Waals surface area (Å²) in [5.74, 6) is 0.144. The van der Waals surface area contributed by atoms with Gasteiger partial charge < -0.3 is 19.8 Å². The number of carboxylic acids is 1. The summed E-state index contributed by atoms with van der Waals surface area (Å²) in [4.78, 5) is 23.9. The monoisotopic (exact) mass is 359 g/mol. The minimum Gasteiger partial charge on any atom is -0.545 e. The Morgan fingerprint density at radius 3 is 2.46 bits per heavy atom. The summed E-state index contributed by atoms with van der Waals surface area (Å²) in [5, 5.41) is 13.9. The molecule has 2 heterocycles. The van der Waals surface area contributed by atoms with E-state index in [1.165, 1.54) is 12.1 Å². The predicted octanol–water partition coefficient (Wildman–Crippen LogP) is -0.659. The van der Waals surface area contributed by atoms with Gasteiger partial charge in [0, 0.05) is 17.9 Å². The van der Waals surface area contributed by atoms with Gasteiger partial charge >= 0.3 is 29.6 Å². The number of hydrogen-bond donors (Lipinski definition) is 1. The fourth-order valence-electron chi connectivity index (χ4n) is 2.67. The van der Waals surface area contributed by atoms with E-state index in [-0.39, 0.29) is 41.2 Å². The fraction of sp³-hybridized carbons (Fsp3) is 0.222. The first-order chi connectivity index (χ1) is 12.0. The van der Waals surface area contributed by atoms with E-state index in [1.807, 2.05) is 13.0 Å². The molecule has 0 radical (unpaired) electrons. The van der Waals surface area contributed by atoms with Gasteiger partial charge in [-0.3, -0.25) is 0 Å². The van der Waals surface area contributed by atoms with Crippen LogP contribution in [0.2, 0.25) is 0 Å². The summed E-state index contributed by atoms with van der Waals surface area (Å²) in [7, 11) is 0. The number of benzene rings is 1. The summed E-state index contributed by atoms with van der Waals surface area (Å²) < 4.78 is 2.11. The predicted molar refractivity (Wildman–Crippen MR) is 92.4 cm³/mol. The Hall–Kier alpha value is -2.22. The van der Waals surface area contributed by atoms with Gasteiger partial charge in [-0.25, -0.2) is 15.0 Å². The van der Waals surface area contributed by atoms with E-state index in [1.54, 1.807) is 24.5 Å². The number of aromatic nitrogens is 4. The molecule has 2 aromatic heterocycles. The van der Waals surface area contributed by atoms with Gasteiger partial charge in [-0.1, -0.05) is 12.1 Å². The Balaban J connectivity index is 0.00000243. The summed E-state index contributed by atoms with van der Waals surface area (Å²) in [6.07, 6.45) is 3.48. The first-order valence-corrected chi connectivity index (χ1v) is 7.91. The Morgan fingerprint density at radius 1 is 1.15 bits per heavy atom. The Bertz CT molecular complexity index is 906. The number of nitrogens with one attached hydrogen (secondary N) is 1.